The molecule has 1 aromatic carbocycles. The molecule has 0 saturated heterocycles. The fraction of sp³-hybridized carbons (Fsp3) is 0.364. The van der Waals surface area contributed by atoms with Gasteiger partial charge in [-0.05, 0) is 6.07 Å². The SMILES string of the molecule is CCN(CC)S(=O)(=O)c1ccccc1C=NO. The van der Waals surface area contributed by atoms with Crippen LogP contribution in [0, 0.1) is 0 Å². The molecule has 1 aromatic rings. The van der Waals surface area contributed by atoms with E-state index in [1.807, 2.05) is 0 Å². The van der Waals surface area contributed by atoms with E-state index in [4.69, 9.17) is 5.21 Å². The Morgan fingerprint density at radius 3 is 2.41 bits per heavy atom. The van der Waals surface area contributed by atoms with Gasteiger partial charge in [0.1, 0.15) is 0 Å². The van der Waals surface area contributed by atoms with Gasteiger partial charge in [-0.25, -0.2) is 8.42 Å². The summed E-state index contributed by atoms with van der Waals surface area (Å²) in [6.07, 6.45) is 1.12. The van der Waals surface area contributed by atoms with Crippen molar-refractivity contribution >= 4 is 16.2 Å². The van der Waals surface area contributed by atoms with Gasteiger partial charge in [-0.15, -0.1) is 0 Å². The summed E-state index contributed by atoms with van der Waals surface area (Å²) in [4.78, 5) is 0.154. The molecule has 0 saturated carbocycles. The minimum atomic E-state index is -3.52. The van der Waals surface area contributed by atoms with Crippen molar-refractivity contribution in [2.24, 2.45) is 5.16 Å². The van der Waals surface area contributed by atoms with Crippen molar-refractivity contribution in [3.63, 3.8) is 0 Å². The molecule has 0 bridgehead atoms. The van der Waals surface area contributed by atoms with Crippen LogP contribution in [-0.4, -0.2) is 37.2 Å². The fourth-order valence-corrected chi connectivity index (χ4v) is 3.21. The predicted molar refractivity (Wildman–Crippen MR) is 65.9 cm³/mol. The first-order chi connectivity index (χ1) is 8.07. The van der Waals surface area contributed by atoms with E-state index >= 15 is 0 Å². The quantitative estimate of drug-likeness (QED) is 0.493. The summed E-state index contributed by atoms with van der Waals surface area (Å²) in [7, 11) is -3.52. The van der Waals surface area contributed by atoms with Gasteiger partial charge in [-0.3, -0.25) is 0 Å². The van der Waals surface area contributed by atoms with Gasteiger partial charge in [0.15, 0.2) is 0 Å². The van der Waals surface area contributed by atoms with E-state index in [1.165, 1.54) is 10.4 Å². The van der Waals surface area contributed by atoms with Crippen molar-refractivity contribution in [3.05, 3.63) is 29.8 Å². The van der Waals surface area contributed by atoms with Gasteiger partial charge >= 0.3 is 0 Å². The lowest BCUT2D eigenvalue weighted by Crippen LogP contribution is -2.31. The van der Waals surface area contributed by atoms with Gasteiger partial charge in [0.05, 0.1) is 11.1 Å². The summed E-state index contributed by atoms with van der Waals surface area (Å²) < 4.78 is 25.9. The molecule has 5 nitrogen and oxygen atoms in total. The van der Waals surface area contributed by atoms with E-state index in [1.54, 1.807) is 32.0 Å². The molecule has 0 unspecified atom stereocenters. The molecule has 17 heavy (non-hydrogen) atoms. The molecule has 6 heteroatoms. The van der Waals surface area contributed by atoms with Crippen molar-refractivity contribution in [1.29, 1.82) is 0 Å². The first kappa shape index (κ1) is 13.7. The topological polar surface area (TPSA) is 70.0 Å². The first-order valence-electron chi connectivity index (χ1n) is 5.34. The molecule has 1 N–H and O–H groups in total. The van der Waals surface area contributed by atoms with Gasteiger partial charge in [-0.2, -0.15) is 4.31 Å². The zero-order valence-corrected chi connectivity index (χ0v) is 10.7. The summed E-state index contributed by atoms with van der Waals surface area (Å²) in [6.45, 7) is 4.38. The Balaban J connectivity index is 3.33. The molecule has 0 radical (unpaired) electrons. The maximum atomic E-state index is 12.3. The number of sulfonamides is 1. The molecule has 0 aliphatic carbocycles. The molecule has 0 aliphatic heterocycles. The number of hydrogen-bond donors (Lipinski definition) is 1. The average Bonchev–Trinajstić information content (AvgIpc) is 2.31. The summed E-state index contributed by atoms with van der Waals surface area (Å²) in [5.41, 5.74) is 0.377. The van der Waals surface area contributed by atoms with Crippen molar-refractivity contribution < 1.29 is 13.6 Å². The minimum Gasteiger partial charge on any atom is -0.411 e. The fourth-order valence-electron chi connectivity index (χ4n) is 1.59. The molecule has 0 spiro atoms. The molecular weight excluding hydrogens is 240 g/mol. The van der Waals surface area contributed by atoms with Crippen molar-refractivity contribution in [1.82, 2.24) is 4.31 Å². The maximum Gasteiger partial charge on any atom is 0.243 e. The van der Waals surface area contributed by atoms with Gasteiger partial charge in [0.25, 0.3) is 0 Å². The van der Waals surface area contributed by atoms with Crippen molar-refractivity contribution in [2.75, 3.05) is 13.1 Å². The maximum absolute atomic E-state index is 12.3. The van der Waals surface area contributed by atoms with Crippen LogP contribution in [-0.2, 0) is 10.0 Å². The van der Waals surface area contributed by atoms with Crippen LogP contribution in [0.2, 0.25) is 0 Å². The third-order valence-electron chi connectivity index (χ3n) is 2.44. The monoisotopic (exact) mass is 256 g/mol. The summed E-state index contributed by atoms with van der Waals surface area (Å²) in [5.74, 6) is 0. The second-order valence-electron chi connectivity index (χ2n) is 3.37. The highest BCUT2D eigenvalue weighted by atomic mass is 32.2. The third-order valence-corrected chi connectivity index (χ3v) is 4.56. The highest BCUT2D eigenvalue weighted by Crippen LogP contribution is 2.18. The van der Waals surface area contributed by atoms with E-state index < -0.39 is 10.0 Å². The van der Waals surface area contributed by atoms with Gasteiger partial charge in [0.2, 0.25) is 10.0 Å². The predicted octanol–water partition coefficient (Wildman–Crippen LogP) is 1.53. The van der Waals surface area contributed by atoms with Crippen LogP contribution in [0.15, 0.2) is 34.3 Å². The molecule has 0 aliphatic rings. The molecule has 0 heterocycles. The molecule has 0 aromatic heterocycles. The highest BCUT2D eigenvalue weighted by Gasteiger charge is 2.23. The van der Waals surface area contributed by atoms with Crippen LogP contribution >= 0.6 is 0 Å². The van der Waals surface area contributed by atoms with Crippen LogP contribution in [0.4, 0.5) is 0 Å². The number of benzene rings is 1. The number of rotatable bonds is 5. The number of oxime groups is 1. The van der Waals surface area contributed by atoms with Crippen LogP contribution in [0.5, 0.6) is 0 Å². The summed E-state index contributed by atoms with van der Waals surface area (Å²) in [6, 6.07) is 6.43. The third kappa shape index (κ3) is 2.83. The summed E-state index contributed by atoms with van der Waals surface area (Å²) in [5, 5.41) is 11.4. The Hall–Kier alpha value is -1.40. The minimum absolute atomic E-state index is 0.154. The largest absolute Gasteiger partial charge is 0.411 e. The van der Waals surface area contributed by atoms with Crippen LogP contribution in [0.1, 0.15) is 19.4 Å². The Kier molecular flexibility index (Phi) is 4.65. The lowest BCUT2D eigenvalue weighted by atomic mass is 10.2. The second kappa shape index (κ2) is 5.79. The molecule has 0 amide bonds. The van der Waals surface area contributed by atoms with Crippen molar-refractivity contribution in [3.8, 4) is 0 Å². The molecule has 94 valence electrons. The zero-order chi connectivity index (χ0) is 12.9. The van der Waals surface area contributed by atoms with Gasteiger partial charge in [-0.1, -0.05) is 37.2 Å². The molecule has 0 atom stereocenters. The average molecular weight is 256 g/mol. The normalized spacial score (nSPS) is 12.4. The Morgan fingerprint density at radius 1 is 1.29 bits per heavy atom. The Labute approximate surface area is 101 Å². The molecular formula is C11H16N2O3S. The Bertz CT molecular complexity index is 493. The molecule has 1 rings (SSSR count). The lowest BCUT2D eigenvalue weighted by Gasteiger charge is -2.19. The zero-order valence-electron chi connectivity index (χ0n) is 9.87. The van der Waals surface area contributed by atoms with Gasteiger partial charge in [0, 0.05) is 18.7 Å². The smallest absolute Gasteiger partial charge is 0.243 e. The first-order valence-corrected chi connectivity index (χ1v) is 6.78. The van der Waals surface area contributed by atoms with E-state index in [9.17, 15) is 8.42 Å². The second-order valence-corrected chi connectivity index (χ2v) is 5.28. The van der Waals surface area contributed by atoms with E-state index in [0.29, 0.717) is 18.7 Å². The van der Waals surface area contributed by atoms with E-state index in [-0.39, 0.29) is 4.90 Å². The summed E-state index contributed by atoms with van der Waals surface area (Å²) >= 11 is 0. The number of nitrogens with zero attached hydrogens (tertiary/aromatic N) is 2. The lowest BCUT2D eigenvalue weighted by molar-refractivity contribution is 0.321. The Morgan fingerprint density at radius 2 is 1.88 bits per heavy atom. The number of hydrogen-bond acceptors (Lipinski definition) is 4. The standard InChI is InChI=1S/C11H16N2O3S/c1-3-13(4-2)17(15,16)11-8-6-5-7-10(11)9-12-14/h5-9,14H,3-4H2,1-2H3. The van der Waals surface area contributed by atoms with Crippen LogP contribution in [0.3, 0.4) is 0 Å². The van der Waals surface area contributed by atoms with Crippen LogP contribution < -0.4 is 0 Å². The van der Waals surface area contributed by atoms with Crippen molar-refractivity contribution in [2.45, 2.75) is 18.7 Å². The molecule has 0 fully saturated rings. The van der Waals surface area contributed by atoms with Gasteiger partial charge < -0.3 is 5.21 Å². The highest BCUT2D eigenvalue weighted by molar-refractivity contribution is 7.89. The van der Waals surface area contributed by atoms with E-state index in [2.05, 4.69) is 5.16 Å². The van der Waals surface area contributed by atoms with E-state index in [0.717, 1.165) is 6.21 Å². The van der Waals surface area contributed by atoms with Crippen LogP contribution in [0.25, 0.3) is 0 Å².